The zero-order valence-electron chi connectivity index (χ0n) is 6.99. The van der Waals surface area contributed by atoms with E-state index in [2.05, 4.69) is 0 Å². The van der Waals surface area contributed by atoms with Crippen molar-refractivity contribution >= 4 is 16.1 Å². The van der Waals surface area contributed by atoms with Crippen molar-refractivity contribution in [1.29, 1.82) is 0 Å². The van der Waals surface area contributed by atoms with Crippen LogP contribution in [0, 0.1) is 0 Å². The van der Waals surface area contributed by atoms with E-state index >= 15 is 0 Å². The van der Waals surface area contributed by atoms with E-state index < -0.39 is 16.1 Å². The number of hydrazine groups is 1. The molecule has 7 heteroatoms. The van der Waals surface area contributed by atoms with Crippen LogP contribution in [0.15, 0.2) is 35.2 Å². The average molecular weight is 216 g/mol. The largest absolute Gasteiger partial charge is 0.463 e. The van der Waals surface area contributed by atoms with Crippen LogP contribution in [0.1, 0.15) is 0 Å². The minimum atomic E-state index is -4.13. The Morgan fingerprint density at radius 2 is 1.79 bits per heavy atom. The van der Waals surface area contributed by atoms with Gasteiger partial charge in [0.1, 0.15) is 0 Å². The Morgan fingerprint density at radius 3 is 2.21 bits per heavy atom. The molecule has 6 nitrogen and oxygen atoms in total. The third kappa shape index (κ3) is 1.83. The first kappa shape index (κ1) is 10.5. The Morgan fingerprint density at radius 1 is 1.29 bits per heavy atom. The molecule has 1 rings (SSSR count). The van der Waals surface area contributed by atoms with E-state index in [1.54, 1.807) is 6.07 Å². The van der Waals surface area contributed by atoms with Gasteiger partial charge in [0.2, 0.25) is 0 Å². The van der Waals surface area contributed by atoms with Crippen molar-refractivity contribution in [3.63, 3.8) is 0 Å². The molecule has 14 heavy (non-hydrogen) atoms. The van der Waals surface area contributed by atoms with E-state index in [1.807, 2.05) is 0 Å². The molecule has 0 aliphatic heterocycles. The van der Waals surface area contributed by atoms with Crippen molar-refractivity contribution in [3.05, 3.63) is 30.3 Å². The van der Waals surface area contributed by atoms with Crippen molar-refractivity contribution < 1.29 is 18.3 Å². The number of sulfonamides is 1. The summed E-state index contributed by atoms with van der Waals surface area (Å²) in [5.41, 5.74) is 0. The Balaban J connectivity index is 3.16. The molecule has 0 spiro atoms. The summed E-state index contributed by atoms with van der Waals surface area (Å²) >= 11 is 0. The molecule has 0 unspecified atom stereocenters. The third-order valence-electron chi connectivity index (χ3n) is 1.49. The molecule has 0 saturated heterocycles. The highest BCUT2D eigenvalue weighted by atomic mass is 32.2. The Labute approximate surface area is 80.6 Å². The SMILES string of the molecule is NN(C(=O)O)S(=O)(=O)c1ccccc1. The molecule has 76 valence electrons. The number of benzene rings is 1. The number of nitrogens with two attached hydrogens (primary N) is 1. The summed E-state index contributed by atoms with van der Waals surface area (Å²) in [6, 6.07) is 7.09. The van der Waals surface area contributed by atoms with Crippen molar-refractivity contribution in [1.82, 2.24) is 4.41 Å². The summed E-state index contributed by atoms with van der Waals surface area (Å²) in [5.74, 6) is 4.87. The van der Waals surface area contributed by atoms with E-state index in [0.717, 1.165) is 0 Å². The minimum Gasteiger partial charge on any atom is -0.463 e. The van der Waals surface area contributed by atoms with E-state index in [0.29, 0.717) is 0 Å². The van der Waals surface area contributed by atoms with Crippen LogP contribution in [0.25, 0.3) is 0 Å². The number of hydrogen-bond donors (Lipinski definition) is 2. The lowest BCUT2D eigenvalue weighted by atomic mass is 10.4. The molecular formula is C7H8N2O4S. The van der Waals surface area contributed by atoms with Gasteiger partial charge in [0.25, 0.3) is 10.0 Å². The van der Waals surface area contributed by atoms with Crippen LogP contribution in [0.5, 0.6) is 0 Å². The summed E-state index contributed by atoms with van der Waals surface area (Å²) in [6.45, 7) is 0. The molecule has 0 aliphatic rings. The summed E-state index contributed by atoms with van der Waals surface area (Å²) in [4.78, 5) is 10.2. The van der Waals surface area contributed by atoms with Gasteiger partial charge in [-0.1, -0.05) is 18.2 Å². The Bertz CT molecular complexity index is 428. The topological polar surface area (TPSA) is 101 Å². The van der Waals surface area contributed by atoms with E-state index in [9.17, 15) is 13.2 Å². The fourth-order valence-electron chi connectivity index (χ4n) is 0.809. The Kier molecular flexibility index (Phi) is 2.73. The zero-order chi connectivity index (χ0) is 10.8. The van der Waals surface area contributed by atoms with Gasteiger partial charge >= 0.3 is 6.09 Å². The first-order chi connectivity index (χ1) is 6.46. The predicted octanol–water partition coefficient (Wildman–Crippen LogP) is 0.229. The van der Waals surface area contributed by atoms with Crippen LogP contribution < -0.4 is 5.84 Å². The highest BCUT2D eigenvalue weighted by molar-refractivity contribution is 7.89. The molecular weight excluding hydrogens is 208 g/mol. The second-order valence-electron chi connectivity index (χ2n) is 2.40. The molecule has 3 N–H and O–H groups in total. The summed E-state index contributed by atoms with van der Waals surface area (Å²) < 4.78 is 22.6. The van der Waals surface area contributed by atoms with Crippen LogP contribution in [-0.4, -0.2) is 24.0 Å². The maximum atomic E-state index is 11.4. The molecule has 0 fully saturated rings. The van der Waals surface area contributed by atoms with E-state index in [1.165, 1.54) is 24.3 Å². The van der Waals surface area contributed by atoms with E-state index in [-0.39, 0.29) is 9.31 Å². The van der Waals surface area contributed by atoms with Gasteiger partial charge in [-0.05, 0) is 12.1 Å². The molecule has 0 heterocycles. The van der Waals surface area contributed by atoms with Gasteiger partial charge in [-0.3, -0.25) is 0 Å². The van der Waals surface area contributed by atoms with Gasteiger partial charge in [0.15, 0.2) is 0 Å². The predicted molar refractivity (Wildman–Crippen MR) is 47.7 cm³/mol. The molecule has 0 atom stereocenters. The lowest BCUT2D eigenvalue weighted by Crippen LogP contribution is -2.41. The molecule has 0 aromatic heterocycles. The van der Waals surface area contributed by atoms with E-state index in [4.69, 9.17) is 10.9 Å². The molecule has 0 saturated carbocycles. The summed E-state index contributed by atoms with van der Waals surface area (Å²) in [5, 5.41) is 8.40. The van der Waals surface area contributed by atoms with Gasteiger partial charge in [0, 0.05) is 0 Å². The van der Waals surface area contributed by atoms with Crippen LogP contribution >= 0.6 is 0 Å². The quantitative estimate of drug-likeness (QED) is 0.418. The molecule has 1 aromatic rings. The number of carbonyl (C=O) groups is 1. The van der Waals surface area contributed by atoms with Gasteiger partial charge in [-0.25, -0.2) is 10.6 Å². The molecule has 0 bridgehead atoms. The van der Waals surface area contributed by atoms with Gasteiger partial charge in [-0.2, -0.15) is 8.42 Å². The number of rotatable bonds is 2. The fraction of sp³-hybridized carbons (Fsp3) is 0. The monoisotopic (exact) mass is 216 g/mol. The summed E-state index contributed by atoms with van der Waals surface area (Å²) in [7, 11) is -4.13. The second-order valence-corrected chi connectivity index (χ2v) is 4.21. The van der Waals surface area contributed by atoms with Gasteiger partial charge in [0.05, 0.1) is 4.90 Å². The van der Waals surface area contributed by atoms with Gasteiger partial charge < -0.3 is 5.11 Å². The highest BCUT2D eigenvalue weighted by Crippen LogP contribution is 2.11. The van der Waals surface area contributed by atoms with Gasteiger partial charge in [-0.15, -0.1) is 4.41 Å². The van der Waals surface area contributed by atoms with Crippen LogP contribution in [0.3, 0.4) is 0 Å². The molecule has 1 aromatic carbocycles. The second kappa shape index (κ2) is 3.64. The number of amides is 1. The number of hydrogen-bond acceptors (Lipinski definition) is 4. The first-order valence-corrected chi connectivity index (χ1v) is 4.98. The van der Waals surface area contributed by atoms with Crippen LogP contribution in [-0.2, 0) is 10.0 Å². The first-order valence-electron chi connectivity index (χ1n) is 3.54. The smallest absolute Gasteiger partial charge is 0.436 e. The van der Waals surface area contributed by atoms with Crippen LogP contribution in [0.4, 0.5) is 4.79 Å². The third-order valence-corrected chi connectivity index (χ3v) is 3.03. The fourth-order valence-corrected chi connectivity index (χ4v) is 1.74. The average Bonchev–Trinajstić information content (AvgIpc) is 2.18. The van der Waals surface area contributed by atoms with Crippen LogP contribution in [0.2, 0.25) is 0 Å². The molecule has 0 radical (unpaired) electrons. The molecule has 0 aliphatic carbocycles. The number of nitrogens with zero attached hydrogens (tertiary/aromatic N) is 1. The normalized spacial score (nSPS) is 10.9. The number of carboxylic acid groups (broad SMARTS) is 1. The van der Waals surface area contributed by atoms with Crippen molar-refractivity contribution in [2.75, 3.05) is 0 Å². The lowest BCUT2D eigenvalue weighted by Gasteiger charge is -2.12. The maximum Gasteiger partial charge on any atom is 0.436 e. The van der Waals surface area contributed by atoms with Crippen molar-refractivity contribution in [2.24, 2.45) is 5.84 Å². The zero-order valence-corrected chi connectivity index (χ0v) is 7.81. The minimum absolute atomic E-state index is 0.162. The lowest BCUT2D eigenvalue weighted by molar-refractivity contribution is 0.172. The Hall–Kier alpha value is -1.60. The highest BCUT2D eigenvalue weighted by Gasteiger charge is 2.25. The van der Waals surface area contributed by atoms with Crippen molar-refractivity contribution in [3.8, 4) is 0 Å². The maximum absolute atomic E-state index is 11.4. The standard InChI is InChI=1S/C7H8N2O4S/c8-9(7(10)11)14(12,13)6-4-2-1-3-5-6/h1-5H,8H2,(H,10,11). The molecule has 1 amide bonds. The summed E-state index contributed by atoms with van der Waals surface area (Å²) in [6.07, 6.45) is -1.73. The van der Waals surface area contributed by atoms with Crippen molar-refractivity contribution in [2.45, 2.75) is 4.90 Å².